The van der Waals surface area contributed by atoms with Gasteiger partial charge in [0.1, 0.15) is 6.29 Å². The normalized spacial score (nSPS) is 25.2. The van der Waals surface area contributed by atoms with E-state index in [2.05, 4.69) is 63.0 Å². The summed E-state index contributed by atoms with van der Waals surface area (Å²) in [7, 11) is 0. The van der Waals surface area contributed by atoms with Crippen molar-refractivity contribution < 1.29 is 4.74 Å². The van der Waals surface area contributed by atoms with Crippen molar-refractivity contribution in [1.82, 2.24) is 20.4 Å². The summed E-state index contributed by atoms with van der Waals surface area (Å²) in [6.45, 7) is 6.45. The molecule has 1 unspecified atom stereocenters. The molecule has 1 atom stereocenters. The number of hydrogen-bond donors (Lipinski definition) is 2. The van der Waals surface area contributed by atoms with Crippen molar-refractivity contribution >= 4 is 0 Å². The molecule has 0 spiro atoms. The zero-order valence-corrected chi connectivity index (χ0v) is 13.4. The summed E-state index contributed by atoms with van der Waals surface area (Å²) in [5.74, 6) is 0. The molecular formula is C18H24N4O. The number of nitrogens with zero attached hydrogens (tertiary/aromatic N) is 2. The van der Waals surface area contributed by atoms with Crippen molar-refractivity contribution in [3.05, 3.63) is 59.4 Å². The maximum atomic E-state index is 5.45. The predicted molar refractivity (Wildman–Crippen MR) is 90.3 cm³/mol. The molecule has 23 heavy (non-hydrogen) atoms. The Morgan fingerprint density at radius 3 is 2.78 bits per heavy atom. The van der Waals surface area contributed by atoms with Crippen LogP contribution < -0.4 is 10.6 Å². The standard InChI is InChI=1S/C18H24N4O/c1-2-4-15(5-3-1)13-21-7-6-16-12-19-18(20-17(16)14-21)22-8-10-23-11-9-22/h1-6,14,18-20H,7-13H2. The highest BCUT2D eigenvalue weighted by atomic mass is 16.5. The molecule has 2 saturated heterocycles. The molecule has 3 aliphatic heterocycles. The van der Waals surface area contributed by atoms with Gasteiger partial charge < -0.3 is 15.0 Å². The molecule has 4 rings (SSSR count). The second kappa shape index (κ2) is 6.74. The van der Waals surface area contributed by atoms with Crippen LogP contribution in [0, 0.1) is 0 Å². The summed E-state index contributed by atoms with van der Waals surface area (Å²) in [5, 5.41) is 7.24. The monoisotopic (exact) mass is 312 g/mol. The van der Waals surface area contributed by atoms with Gasteiger partial charge in [0.05, 0.1) is 18.9 Å². The second-order valence-electron chi connectivity index (χ2n) is 6.26. The van der Waals surface area contributed by atoms with Gasteiger partial charge in [-0.1, -0.05) is 36.4 Å². The highest BCUT2D eigenvalue weighted by molar-refractivity contribution is 5.36. The Hall–Kier alpha value is -1.82. The van der Waals surface area contributed by atoms with Gasteiger partial charge in [-0.15, -0.1) is 0 Å². The first-order chi connectivity index (χ1) is 11.4. The lowest BCUT2D eigenvalue weighted by atomic mass is 10.1. The SMILES string of the molecule is C1=C2CNC(N3CCOCC3)NC2=CN(Cc2ccccc2)C1. The molecule has 0 aliphatic carbocycles. The molecule has 1 aromatic carbocycles. The molecule has 0 radical (unpaired) electrons. The average molecular weight is 312 g/mol. The van der Waals surface area contributed by atoms with E-state index >= 15 is 0 Å². The van der Waals surface area contributed by atoms with E-state index in [1.807, 2.05) is 0 Å². The predicted octanol–water partition coefficient (Wildman–Crippen LogP) is 1.08. The molecule has 0 saturated carbocycles. The van der Waals surface area contributed by atoms with Crippen LogP contribution in [-0.2, 0) is 11.3 Å². The van der Waals surface area contributed by atoms with E-state index in [0.717, 1.165) is 45.9 Å². The van der Waals surface area contributed by atoms with Crippen LogP contribution in [0.25, 0.3) is 0 Å². The second-order valence-corrected chi connectivity index (χ2v) is 6.26. The van der Waals surface area contributed by atoms with Gasteiger partial charge in [-0.2, -0.15) is 0 Å². The Balaban J connectivity index is 1.43. The summed E-state index contributed by atoms with van der Waals surface area (Å²) in [6, 6.07) is 10.6. The minimum atomic E-state index is 0.207. The zero-order valence-electron chi connectivity index (χ0n) is 13.4. The van der Waals surface area contributed by atoms with Gasteiger partial charge in [-0.05, 0) is 11.1 Å². The van der Waals surface area contributed by atoms with Gasteiger partial charge in [0.2, 0.25) is 0 Å². The van der Waals surface area contributed by atoms with E-state index in [-0.39, 0.29) is 6.29 Å². The van der Waals surface area contributed by atoms with Gasteiger partial charge in [-0.3, -0.25) is 10.2 Å². The number of nitrogens with one attached hydrogen (secondary N) is 2. The maximum Gasteiger partial charge on any atom is 0.135 e. The van der Waals surface area contributed by atoms with Gasteiger partial charge in [0.15, 0.2) is 0 Å². The first kappa shape index (κ1) is 14.8. The Morgan fingerprint density at radius 2 is 1.96 bits per heavy atom. The van der Waals surface area contributed by atoms with Crippen molar-refractivity contribution in [2.45, 2.75) is 12.8 Å². The molecule has 2 fully saturated rings. The van der Waals surface area contributed by atoms with E-state index in [1.165, 1.54) is 16.8 Å². The van der Waals surface area contributed by atoms with Crippen LogP contribution in [0.1, 0.15) is 5.56 Å². The van der Waals surface area contributed by atoms with Crippen molar-refractivity contribution in [2.75, 3.05) is 39.4 Å². The molecule has 5 nitrogen and oxygen atoms in total. The Kier molecular flexibility index (Phi) is 4.33. The number of rotatable bonds is 3. The first-order valence-electron chi connectivity index (χ1n) is 8.39. The summed E-state index contributed by atoms with van der Waals surface area (Å²) in [6.07, 6.45) is 4.81. The lowest BCUT2D eigenvalue weighted by Crippen LogP contribution is -2.61. The first-order valence-corrected chi connectivity index (χ1v) is 8.39. The molecule has 2 N–H and O–H groups in total. The molecule has 1 aromatic rings. The van der Waals surface area contributed by atoms with Crippen LogP contribution in [-0.4, -0.2) is 55.5 Å². The van der Waals surface area contributed by atoms with E-state index in [4.69, 9.17) is 4.74 Å². The van der Waals surface area contributed by atoms with Gasteiger partial charge in [0.25, 0.3) is 0 Å². The number of fused-ring (bicyclic) bond motifs is 1. The molecule has 0 aromatic heterocycles. The molecule has 122 valence electrons. The quantitative estimate of drug-likeness (QED) is 0.874. The van der Waals surface area contributed by atoms with Crippen LogP contribution in [0.15, 0.2) is 53.9 Å². The summed E-state index contributed by atoms with van der Waals surface area (Å²) in [5.41, 5.74) is 3.97. The number of ether oxygens (including phenoxy) is 1. The van der Waals surface area contributed by atoms with Gasteiger partial charge in [-0.25, -0.2) is 0 Å². The minimum Gasteiger partial charge on any atom is -0.379 e. The smallest absolute Gasteiger partial charge is 0.135 e. The zero-order chi connectivity index (χ0) is 15.5. The third-order valence-electron chi connectivity index (χ3n) is 4.65. The summed E-state index contributed by atoms with van der Waals surface area (Å²) < 4.78 is 5.45. The summed E-state index contributed by atoms with van der Waals surface area (Å²) in [4.78, 5) is 4.78. The largest absolute Gasteiger partial charge is 0.379 e. The molecule has 0 bridgehead atoms. The van der Waals surface area contributed by atoms with Crippen LogP contribution in [0.2, 0.25) is 0 Å². The van der Waals surface area contributed by atoms with E-state index < -0.39 is 0 Å². The fraction of sp³-hybridized carbons (Fsp3) is 0.444. The Morgan fingerprint density at radius 1 is 1.13 bits per heavy atom. The number of benzene rings is 1. The van der Waals surface area contributed by atoms with Gasteiger partial charge in [0, 0.05) is 38.9 Å². The van der Waals surface area contributed by atoms with Crippen LogP contribution in [0.4, 0.5) is 0 Å². The Labute approximate surface area is 137 Å². The van der Waals surface area contributed by atoms with E-state index in [0.29, 0.717) is 0 Å². The third-order valence-corrected chi connectivity index (χ3v) is 4.65. The third kappa shape index (κ3) is 3.42. The maximum absolute atomic E-state index is 5.45. The molecular weight excluding hydrogens is 288 g/mol. The van der Waals surface area contributed by atoms with Crippen molar-refractivity contribution in [3.63, 3.8) is 0 Å². The lowest BCUT2D eigenvalue weighted by Gasteiger charge is -2.41. The van der Waals surface area contributed by atoms with Crippen molar-refractivity contribution in [2.24, 2.45) is 0 Å². The van der Waals surface area contributed by atoms with E-state index in [1.54, 1.807) is 0 Å². The molecule has 0 amide bonds. The fourth-order valence-electron chi connectivity index (χ4n) is 3.34. The van der Waals surface area contributed by atoms with Crippen LogP contribution in [0.3, 0.4) is 0 Å². The summed E-state index contributed by atoms with van der Waals surface area (Å²) >= 11 is 0. The molecule has 3 aliphatic rings. The number of hydrogen-bond acceptors (Lipinski definition) is 5. The Bertz CT molecular complexity index is 592. The molecule has 3 heterocycles. The van der Waals surface area contributed by atoms with Gasteiger partial charge >= 0.3 is 0 Å². The average Bonchev–Trinajstić information content (AvgIpc) is 2.63. The van der Waals surface area contributed by atoms with E-state index in [9.17, 15) is 0 Å². The topological polar surface area (TPSA) is 39.8 Å². The minimum absolute atomic E-state index is 0.207. The molecule has 5 heteroatoms. The van der Waals surface area contributed by atoms with Crippen LogP contribution in [0.5, 0.6) is 0 Å². The van der Waals surface area contributed by atoms with Crippen LogP contribution >= 0.6 is 0 Å². The lowest BCUT2D eigenvalue weighted by molar-refractivity contribution is 0.00127. The fourth-order valence-corrected chi connectivity index (χ4v) is 3.34. The number of morpholine rings is 1. The van der Waals surface area contributed by atoms with Crippen molar-refractivity contribution in [3.8, 4) is 0 Å². The highest BCUT2D eigenvalue weighted by Gasteiger charge is 2.27. The van der Waals surface area contributed by atoms with Crippen molar-refractivity contribution in [1.29, 1.82) is 0 Å². The highest BCUT2D eigenvalue weighted by Crippen LogP contribution is 2.20.